The molecule has 0 aliphatic rings. The van der Waals surface area contributed by atoms with Crippen molar-refractivity contribution < 1.29 is 36.1 Å². The highest BCUT2D eigenvalue weighted by atomic mass is 35.5. The van der Waals surface area contributed by atoms with Gasteiger partial charge in [-0.05, 0) is 31.0 Å². The molecule has 1 unspecified atom stereocenters. The van der Waals surface area contributed by atoms with Crippen molar-refractivity contribution in [3.63, 3.8) is 0 Å². The Hall–Kier alpha value is -2.34. The zero-order valence-corrected chi connectivity index (χ0v) is 13.7. The van der Waals surface area contributed by atoms with Crippen molar-refractivity contribution in [1.29, 1.82) is 0 Å². The second kappa shape index (κ2) is 8.33. The highest BCUT2D eigenvalue weighted by Gasteiger charge is 2.21. The number of carboxylic acids is 1. The number of aryl methyl sites for hydroxylation is 1. The summed E-state index contributed by atoms with van der Waals surface area (Å²) in [6.45, 7) is 4.20. The lowest BCUT2D eigenvalue weighted by Crippen LogP contribution is -3.00. The third kappa shape index (κ3) is 5.10. The number of nitrogens with one attached hydrogen (secondary N) is 1. The number of rotatable bonds is 6. The number of hydrogen-bond acceptors (Lipinski definition) is 3. The van der Waals surface area contributed by atoms with Gasteiger partial charge in [0.05, 0.1) is 0 Å². The van der Waals surface area contributed by atoms with Crippen LogP contribution in [0.15, 0.2) is 41.1 Å². The van der Waals surface area contributed by atoms with Crippen LogP contribution >= 0.6 is 0 Å². The Kier molecular flexibility index (Phi) is 6.78. The molecule has 1 amide bonds. The molecule has 0 aliphatic heterocycles. The van der Waals surface area contributed by atoms with Crippen LogP contribution in [-0.2, 0) is 11.3 Å². The van der Waals surface area contributed by atoms with E-state index in [0.717, 1.165) is 5.56 Å². The number of aromatic nitrogens is 1. The number of nitrogens with zero attached hydrogens (tertiary/aromatic N) is 1. The van der Waals surface area contributed by atoms with Crippen LogP contribution in [0.1, 0.15) is 35.2 Å². The van der Waals surface area contributed by atoms with E-state index in [2.05, 4.69) is 5.32 Å². The first-order valence-electron chi connectivity index (χ1n) is 7.07. The summed E-state index contributed by atoms with van der Waals surface area (Å²) >= 11 is 0. The summed E-state index contributed by atoms with van der Waals surface area (Å²) in [6.07, 6.45) is 4.16. The fourth-order valence-electron chi connectivity index (χ4n) is 1.97. The average Bonchev–Trinajstić information content (AvgIpc) is 2.95. The predicted molar refractivity (Wildman–Crippen MR) is 78.4 cm³/mol. The summed E-state index contributed by atoms with van der Waals surface area (Å²) in [5.74, 6) is -0.836. The summed E-state index contributed by atoms with van der Waals surface area (Å²) in [5, 5.41) is 11.4. The number of hydrogen-bond donors (Lipinski definition) is 2. The number of carboxylic acid groups (broad SMARTS) is 1. The van der Waals surface area contributed by atoms with E-state index in [0.29, 0.717) is 18.7 Å². The van der Waals surface area contributed by atoms with Gasteiger partial charge in [0.2, 0.25) is 6.54 Å². The van der Waals surface area contributed by atoms with Gasteiger partial charge < -0.3 is 27.2 Å². The zero-order chi connectivity index (χ0) is 16.1. The smallest absolute Gasteiger partial charge is 0.326 e. The predicted octanol–water partition coefficient (Wildman–Crippen LogP) is -1.48. The van der Waals surface area contributed by atoms with Gasteiger partial charge in [-0.3, -0.25) is 4.79 Å². The van der Waals surface area contributed by atoms with E-state index in [1.54, 1.807) is 19.1 Å². The Morgan fingerprint density at radius 3 is 2.48 bits per heavy atom. The maximum Gasteiger partial charge on any atom is 0.326 e. The van der Waals surface area contributed by atoms with Crippen LogP contribution in [0, 0.1) is 6.92 Å². The molecule has 2 aromatic rings. The quantitative estimate of drug-likeness (QED) is 0.629. The molecule has 23 heavy (non-hydrogen) atoms. The van der Waals surface area contributed by atoms with E-state index in [4.69, 9.17) is 9.52 Å². The molecule has 2 rings (SSSR count). The molecule has 0 saturated heterocycles. The van der Waals surface area contributed by atoms with Crippen LogP contribution < -0.4 is 22.3 Å². The van der Waals surface area contributed by atoms with Crippen molar-refractivity contribution in [3.05, 3.63) is 53.7 Å². The molecule has 0 aliphatic carbocycles. The van der Waals surface area contributed by atoms with Gasteiger partial charge in [-0.1, -0.05) is 6.92 Å². The third-order valence-electron chi connectivity index (χ3n) is 3.29. The van der Waals surface area contributed by atoms with Crippen molar-refractivity contribution in [1.82, 2.24) is 5.32 Å². The van der Waals surface area contributed by atoms with Crippen LogP contribution in [-0.4, -0.2) is 23.0 Å². The number of aliphatic carboxylic acids is 1. The highest BCUT2D eigenvalue weighted by Crippen LogP contribution is 2.08. The molecular formula is C16H19ClN2O4. The number of carbonyl (C=O) groups excluding carboxylic acids is 1. The molecule has 2 aromatic heterocycles. The molecule has 124 valence electrons. The summed E-state index contributed by atoms with van der Waals surface area (Å²) in [5.41, 5.74) is 1.16. The number of furan rings is 1. The van der Waals surface area contributed by atoms with E-state index in [1.165, 1.54) is 0 Å². The Bertz CT molecular complexity index is 667. The lowest BCUT2D eigenvalue weighted by Gasteiger charge is -2.10. The Morgan fingerprint density at radius 2 is 1.91 bits per heavy atom. The molecule has 0 radical (unpaired) electrons. The number of halogens is 1. The molecule has 2 heterocycles. The molecule has 1 atom stereocenters. The maximum atomic E-state index is 12.0. The molecule has 2 N–H and O–H groups in total. The summed E-state index contributed by atoms with van der Waals surface area (Å²) in [7, 11) is 0. The molecular weight excluding hydrogens is 320 g/mol. The molecule has 0 aromatic carbocycles. The van der Waals surface area contributed by atoms with Gasteiger partial charge in [0.15, 0.2) is 23.9 Å². The molecule has 0 bridgehead atoms. The first kappa shape index (κ1) is 18.7. The van der Waals surface area contributed by atoms with Crippen molar-refractivity contribution in [2.24, 2.45) is 0 Å². The minimum atomic E-state index is -1.06. The van der Waals surface area contributed by atoms with Gasteiger partial charge in [-0.15, -0.1) is 0 Å². The SMILES string of the molecule is CCC(NC(=O)c1ccc(C[n+]2ccc(C)cc2)o1)C(=O)O.[Cl-]. The number of amides is 1. The van der Waals surface area contributed by atoms with Crippen LogP contribution in [0.3, 0.4) is 0 Å². The van der Waals surface area contributed by atoms with E-state index in [9.17, 15) is 9.59 Å². The van der Waals surface area contributed by atoms with Crippen molar-refractivity contribution in [2.45, 2.75) is 32.9 Å². The first-order valence-corrected chi connectivity index (χ1v) is 7.07. The third-order valence-corrected chi connectivity index (χ3v) is 3.29. The second-order valence-corrected chi connectivity index (χ2v) is 5.09. The topological polar surface area (TPSA) is 83.4 Å². The van der Waals surface area contributed by atoms with Crippen LogP contribution in [0.2, 0.25) is 0 Å². The lowest BCUT2D eigenvalue weighted by molar-refractivity contribution is -0.690. The molecule has 6 nitrogen and oxygen atoms in total. The average molecular weight is 339 g/mol. The highest BCUT2D eigenvalue weighted by molar-refractivity contribution is 5.94. The van der Waals surface area contributed by atoms with Gasteiger partial charge in [0.1, 0.15) is 6.04 Å². The van der Waals surface area contributed by atoms with Gasteiger partial charge in [0, 0.05) is 12.1 Å². The number of pyridine rings is 1. The minimum Gasteiger partial charge on any atom is -1.00 e. The Balaban J connectivity index is 0.00000264. The Morgan fingerprint density at radius 1 is 1.26 bits per heavy atom. The second-order valence-electron chi connectivity index (χ2n) is 5.09. The van der Waals surface area contributed by atoms with Gasteiger partial charge in [0.25, 0.3) is 5.91 Å². The van der Waals surface area contributed by atoms with Gasteiger partial charge in [-0.25, -0.2) is 4.79 Å². The van der Waals surface area contributed by atoms with E-state index >= 15 is 0 Å². The monoisotopic (exact) mass is 338 g/mol. The zero-order valence-electron chi connectivity index (χ0n) is 13.0. The van der Waals surface area contributed by atoms with Crippen molar-refractivity contribution in [3.8, 4) is 0 Å². The molecule has 0 fully saturated rings. The minimum absolute atomic E-state index is 0. The van der Waals surface area contributed by atoms with Gasteiger partial charge in [-0.2, -0.15) is 4.57 Å². The van der Waals surface area contributed by atoms with E-state index in [1.807, 2.05) is 36.0 Å². The summed E-state index contributed by atoms with van der Waals surface area (Å²) < 4.78 is 7.41. The molecule has 0 saturated carbocycles. The van der Waals surface area contributed by atoms with Gasteiger partial charge >= 0.3 is 5.97 Å². The lowest BCUT2D eigenvalue weighted by atomic mass is 10.2. The summed E-state index contributed by atoms with van der Waals surface area (Å²) in [6, 6.07) is 6.31. The fourth-order valence-corrected chi connectivity index (χ4v) is 1.97. The van der Waals surface area contributed by atoms with E-state index < -0.39 is 17.9 Å². The maximum absolute atomic E-state index is 12.0. The van der Waals surface area contributed by atoms with E-state index in [-0.39, 0.29) is 18.2 Å². The normalized spacial score (nSPS) is 11.4. The van der Waals surface area contributed by atoms with Crippen molar-refractivity contribution in [2.75, 3.05) is 0 Å². The van der Waals surface area contributed by atoms with Crippen LogP contribution in [0.25, 0.3) is 0 Å². The molecule has 7 heteroatoms. The van der Waals surface area contributed by atoms with Crippen LogP contribution in [0.4, 0.5) is 0 Å². The summed E-state index contributed by atoms with van der Waals surface area (Å²) in [4.78, 5) is 22.9. The first-order chi connectivity index (χ1) is 10.5. The van der Waals surface area contributed by atoms with Crippen LogP contribution in [0.5, 0.6) is 0 Å². The molecule has 0 spiro atoms. The Labute approximate surface area is 140 Å². The van der Waals surface area contributed by atoms with Crippen molar-refractivity contribution >= 4 is 11.9 Å². The largest absolute Gasteiger partial charge is 1.00 e. The fraction of sp³-hybridized carbons (Fsp3) is 0.312. The standard InChI is InChI=1S/C16H18N2O4.ClH/c1-3-13(16(20)21)17-15(19)14-5-4-12(22-14)10-18-8-6-11(2)7-9-18;/h4-9,13H,3,10H2,1-2H3,(H-,17,19,20,21);1H. The number of carbonyl (C=O) groups is 2.